The van der Waals surface area contributed by atoms with Gasteiger partial charge in [0.25, 0.3) is 0 Å². The lowest BCUT2D eigenvalue weighted by molar-refractivity contribution is 0.638. The smallest absolute Gasteiger partial charge is 0.0718 e. The van der Waals surface area contributed by atoms with E-state index in [2.05, 4.69) is 23.8 Å². The van der Waals surface area contributed by atoms with Gasteiger partial charge in [-0.15, -0.1) is 11.3 Å². The van der Waals surface area contributed by atoms with Crippen molar-refractivity contribution in [1.29, 1.82) is 0 Å². The molecule has 4 heteroatoms. The van der Waals surface area contributed by atoms with Crippen molar-refractivity contribution >= 4 is 22.9 Å². The fraction of sp³-hybridized carbons (Fsp3) is 0.167. The van der Waals surface area contributed by atoms with E-state index in [-0.39, 0.29) is 6.04 Å². The van der Waals surface area contributed by atoms with Gasteiger partial charge in [0.1, 0.15) is 0 Å². The predicted molar refractivity (Wildman–Crippen MR) is 69.7 cm³/mol. The molecule has 0 saturated heterocycles. The van der Waals surface area contributed by atoms with Crippen LogP contribution in [0.25, 0.3) is 0 Å². The summed E-state index contributed by atoms with van der Waals surface area (Å²) in [6.45, 7) is 2.08. The van der Waals surface area contributed by atoms with E-state index in [4.69, 9.17) is 17.4 Å². The second-order valence-electron chi connectivity index (χ2n) is 3.65. The molecule has 0 radical (unpaired) electrons. The zero-order valence-electron chi connectivity index (χ0n) is 8.91. The fourth-order valence-corrected chi connectivity index (χ4v) is 2.62. The van der Waals surface area contributed by atoms with Crippen LogP contribution in [0.1, 0.15) is 22.0 Å². The highest BCUT2D eigenvalue weighted by Crippen LogP contribution is 2.27. The molecule has 1 aromatic carbocycles. The maximum absolute atomic E-state index is 5.97. The van der Waals surface area contributed by atoms with Crippen molar-refractivity contribution in [3.8, 4) is 0 Å². The Kier molecular flexibility index (Phi) is 3.61. The Balaban J connectivity index is 2.36. The maximum atomic E-state index is 5.97. The normalized spacial score (nSPS) is 12.7. The molecule has 2 nitrogen and oxygen atoms in total. The van der Waals surface area contributed by atoms with E-state index in [1.807, 2.05) is 24.3 Å². The number of hydrogen-bond donors (Lipinski definition) is 2. The van der Waals surface area contributed by atoms with Gasteiger partial charge in [-0.1, -0.05) is 23.7 Å². The van der Waals surface area contributed by atoms with E-state index in [0.717, 1.165) is 10.6 Å². The summed E-state index contributed by atoms with van der Waals surface area (Å²) < 4.78 is 0. The van der Waals surface area contributed by atoms with Crippen molar-refractivity contribution in [3.63, 3.8) is 0 Å². The zero-order chi connectivity index (χ0) is 11.5. The van der Waals surface area contributed by atoms with E-state index >= 15 is 0 Å². The third kappa shape index (κ3) is 2.44. The molecule has 0 saturated carbocycles. The Bertz CT molecular complexity index is 481. The Morgan fingerprint density at radius 1 is 1.31 bits per heavy atom. The summed E-state index contributed by atoms with van der Waals surface area (Å²) in [5.74, 6) is 5.61. The zero-order valence-corrected chi connectivity index (χ0v) is 10.5. The van der Waals surface area contributed by atoms with Crippen LogP contribution >= 0.6 is 22.9 Å². The topological polar surface area (TPSA) is 38.0 Å². The highest BCUT2D eigenvalue weighted by molar-refractivity contribution is 7.10. The first-order chi connectivity index (χ1) is 7.70. The number of hydrogen-bond acceptors (Lipinski definition) is 3. The molecule has 2 rings (SSSR count). The Morgan fingerprint density at radius 3 is 2.69 bits per heavy atom. The Labute approximate surface area is 104 Å². The summed E-state index contributed by atoms with van der Waals surface area (Å²) >= 11 is 7.69. The SMILES string of the molecule is Cc1cc(C(NN)c2cccc(Cl)c2)cs1. The van der Waals surface area contributed by atoms with Crippen LogP contribution in [0.3, 0.4) is 0 Å². The number of benzene rings is 1. The van der Waals surface area contributed by atoms with E-state index < -0.39 is 0 Å². The monoisotopic (exact) mass is 252 g/mol. The van der Waals surface area contributed by atoms with Crippen LogP contribution in [0.5, 0.6) is 0 Å². The Hall–Kier alpha value is -0.870. The number of nitrogens with one attached hydrogen (secondary N) is 1. The van der Waals surface area contributed by atoms with Crippen molar-refractivity contribution in [2.24, 2.45) is 5.84 Å². The van der Waals surface area contributed by atoms with Crippen LogP contribution < -0.4 is 11.3 Å². The molecule has 0 amide bonds. The molecule has 1 heterocycles. The molecule has 0 aliphatic heterocycles. The van der Waals surface area contributed by atoms with Gasteiger partial charge in [0.15, 0.2) is 0 Å². The maximum Gasteiger partial charge on any atom is 0.0718 e. The second kappa shape index (κ2) is 4.97. The highest BCUT2D eigenvalue weighted by atomic mass is 35.5. The van der Waals surface area contributed by atoms with Gasteiger partial charge in [0.05, 0.1) is 6.04 Å². The molecule has 0 aliphatic rings. The molecule has 84 valence electrons. The summed E-state index contributed by atoms with van der Waals surface area (Å²) in [6, 6.07) is 9.88. The summed E-state index contributed by atoms with van der Waals surface area (Å²) in [5, 5.41) is 2.84. The minimum Gasteiger partial charge on any atom is -0.271 e. The van der Waals surface area contributed by atoms with Gasteiger partial charge in [0, 0.05) is 9.90 Å². The van der Waals surface area contributed by atoms with Gasteiger partial charge >= 0.3 is 0 Å². The summed E-state index contributed by atoms with van der Waals surface area (Å²) in [6.07, 6.45) is 0. The lowest BCUT2D eigenvalue weighted by Crippen LogP contribution is -2.28. The molecule has 16 heavy (non-hydrogen) atoms. The minimum absolute atomic E-state index is 0.00338. The van der Waals surface area contributed by atoms with Gasteiger partial charge in [0.2, 0.25) is 0 Å². The van der Waals surface area contributed by atoms with Gasteiger partial charge in [-0.2, -0.15) is 0 Å². The van der Waals surface area contributed by atoms with Crippen molar-refractivity contribution in [3.05, 3.63) is 56.7 Å². The number of halogens is 1. The largest absolute Gasteiger partial charge is 0.271 e. The van der Waals surface area contributed by atoms with Crippen LogP contribution in [-0.2, 0) is 0 Å². The van der Waals surface area contributed by atoms with Gasteiger partial charge in [-0.05, 0) is 41.6 Å². The quantitative estimate of drug-likeness (QED) is 0.650. The van der Waals surface area contributed by atoms with Gasteiger partial charge in [-0.25, -0.2) is 5.43 Å². The fourth-order valence-electron chi connectivity index (χ4n) is 1.69. The Morgan fingerprint density at radius 2 is 2.12 bits per heavy atom. The van der Waals surface area contributed by atoms with Gasteiger partial charge in [-0.3, -0.25) is 5.84 Å². The standard InChI is InChI=1S/C12H13ClN2S/c1-8-5-10(7-16-8)12(15-14)9-3-2-4-11(13)6-9/h2-7,12,15H,14H2,1H3. The number of rotatable bonds is 3. The average molecular weight is 253 g/mol. The molecule has 2 aromatic rings. The molecule has 3 N–H and O–H groups in total. The van der Waals surface area contributed by atoms with Gasteiger partial charge < -0.3 is 0 Å². The van der Waals surface area contributed by atoms with Crippen molar-refractivity contribution < 1.29 is 0 Å². The average Bonchev–Trinajstić information content (AvgIpc) is 2.66. The minimum atomic E-state index is 0.00338. The molecule has 0 bridgehead atoms. The lowest BCUT2D eigenvalue weighted by Gasteiger charge is -2.15. The third-order valence-electron chi connectivity index (χ3n) is 2.43. The first-order valence-corrected chi connectivity index (χ1v) is 6.23. The van der Waals surface area contributed by atoms with Crippen LogP contribution in [-0.4, -0.2) is 0 Å². The molecule has 1 atom stereocenters. The first kappa shape index (κ1) is 11.6. The van der Waals surface area contributed by atoms with E-state index in [9.17, 15) is 0 Å². The van der Waals surface area contributed by atoms with E-state index in [1.54, 1.807) is 11.3 Å². The summed E-state index contributed by atoms with van der Waals surface area (Å²) in [5.41, 5.74) is 5.07. The molecule has 0 aliphatic carbocycles. The molecular formula is C12H13ClN2S. The van der Waals surface area contributed by atoms with Crippen LogP contribution in [0, 0.1) is 6.92 Å². The summed E-state index contributed by atoms with van der Waals surface area (Å²) in [7, 11) is 0. The molecule has 0 spiro atoms. The van der Waals surface area contributed by atoms with Crippen molar-refractivity contribution in [2.45, 2.75) is 13.0 Å². The number of hydrazine groups is 1. The van der Waals surface area contributed by atoms with Crippen molar-refractivity contribution in [2.75, 3.05) is 0 Å². The lowest BCUT2D eigenvalue weighted by atomic mass is 10.0. The second-order valence-corrected chi connectivity index (χ2v) is 5.20. The highest BCUT2D eigenvalue weighted by Gasteiger charge is 2.13. The summed E-state index contributed by atoms with van der Waals surface area (Å²) in [4.78, 5) is 1.28. The predicted octanol–water partition coefficient (Wildman–Crippen LogP) is 3.26. The third-order valence-corrected chi connectivity index (χ3v) is 3.55. The number of thiophene rings is 1. The van der Waals surface area contributed by atoms with Crippen molar-refractivity contribution in [1.82, 2.24) is 5.43 Å². The first-order valence-electron chi connectivity index (χ1n) is 4.97. The van der Waals surface area contributed by atoms with E-state index in [0.29, 0.717) is 0 Å². The molecule has 1 unspecified atom stereocenters. The molecular weight excluding hydrogens is 240 g/mol. The number of nitrogens with two attached hydrogens (primary N) is 1. The van der Waals surface area contributed by atoms with Crippen LogP contribution in [0.2, 0.25) is 5.02 Å². The van der Waals surface area contributed by atoms with E-state index in [1.165, 1.54) is 10.4 Å². The molecule has 1 aromatic heterocycles. The molecule has 0 fully saturated rings. The van der Waals surface area contributed by atoms with Crippen LogP contribution in [0.4, 0.5) is 0 Å². The van der Waals surface area contributed by atoms with Crippen LogP contribution in [0.15, 0.2) is 35.7 Å². The number of aryl methyl sites for hydroxylation is 1.